The van der Waals surface area contributed by atoms with Crippen LogP contribution in [0.5, 0.6) is 5.75 Å². The summed E-state index contributed by atoms with van der Waals surface area (Å²) >= 11 is 0. The minimum atomic E-state index is -0.354. The second-order valence-corrected chi connectivity index (χ2v) is 8.19. The topological polar surface area (TPSA) is 58.2 Å². The van der Waals surface area contributed by atoms with Gasteiger partial charge in [0.15, 0.2) is 0 Å². The number of rotatable bonds is 6. The van der Waals surface area contributed by atoms with E-state index in [1.165, 1.54) is 12.1 Å². The van der Waals surface area contributed by atoms with Gasteiger partial charge >= 0.3 is 0 Å². The number of aromatic amines is 1. The predicted octanol–water partition coefficient (Wildman–Crippen LogP) is 5.67. The van der Waals surface area contributed by atoms with Crippen LogP contribution in [0.2, 0.25) is 0 Å². The van der Waals surface area contributed by atoms with Crippen molar-refractivity contribution in [2.45, 2.75) is 26.4 Å². The van der Waals surface area contributed by atoms with Gasteiger partial charge in [0.1, 0.15) is 17.3 Å². The summed E-state index contributed by atoms with van der Waals surface area (Å²) in [6, 6.07) is 21.8. The van der Waals surface area contributed by atoms with E-state index >= 15 is 0 Å². The van der Waals surface area contributed by atoms with E-state index in [1.54, 1.807) is 17.0 Å². The number of fused-ring (bicyclic) bond motifs is 1. The quantitative estimate of drug-likeness (QED) is 0.420. The Morgan fingerprint density at radius 2 is 1.82 bits per heavy atom. The lowest BCUT2D eigenvalue weighted by molar-refractivity contribution is 0.0730. The van der Waals surface area contributed by atoms with Gasteiger partial charge in [0.2, 0.25) is 0 Å². The third-order valence-electron chi connectivity index (χ3n) is 5.94. The van der Waals surface area contributed by atoms with Crippen LogP contribution in [0, 0.1) is 12.7 Å². The predicted molar refractivity (Wildman–Crippen MR) is 124 cm³/mol. The Balaban J connectivity index is 1.63. The number of carbonyl (C=O) groups excluding carboxylic acids is 1. The van der Waals surface area contributed by atoms with Crippen molar-refractivity contribution in [2.24, 2.45) is 0 Å². The van der Waals surface area contributed by atoms with E-state index in [9.17, 15) is 9.18 Å². The van der Waals surface area contributed by atoms with E-state index in [2.05, 4.69) is 10.2 Å². The lowest BCUT2D eigenvalue weighted by Crippen LogP contribution is -2.29. The molecule has 1 aliphatic rings. The van der Waals surface area contributed by atoms with E-state index in [1.807, 2.05) is 62.4 Å². The van der Waals surface area contributed by atoms with Gasteiger partial charge in [-0.1, -0.05) is 54.1 Å². The Labute approximate surface area is 191 Å². The van der Waals surface area contributed by atoms with Crippen molar-refractivity contribution in [1.29, 1.82) is 0 Å². The smallest absolute Gasteiger partial charge is 0.273 e. The molecule has 2 heterocycles. The second kappa shape index (κ2) is 8.54. The van der Waals surface area contributed by atoms with Crippen LogP contribution in [0.4, 0.5) is 4.39 Å². The molecule has 0 fully saturated rings. The van der Waals surface area contributed by atoms with Crippen molar-refractivity contribution in [2.75, 3.05) is 6.61 Å². The fourth-order valence-electron chi connectivity index (χ4n) is 4.37. The molecule has 1 aromatic heterocycles. The number of nitrogens with one attached hydrogen (secondary N) is 1. The highest BCUT2D eigenvalue weighted by atomic mass is 19.1. The molecule has 0 saturated carbocycles. The van der Waals surface area contributed by atoms with Crippen molar-refractivity contribution in [3.63, 3.8) is 0 Å². The summed E-state index contributed by atoms with van der Waals surface area (Å²) in [6.45, 7) is 4.88. The lowest BCUT2D eigenvalue weighted by Gasteiger charge is -2.27. The zero-order valence-corrected chi connectivity index (χ0v) is 18.5. The molecule has 5 nitrogen and oxygen atoms in total. The molecule has 3 aromatic carbocycles. The van der Waals surface area contributed by atoms with Crippen molar-refractivity contribution >= 4 is 5.91 Å². The summed E-state index contributed by atoms with van der Waals surface area (Å²) in [5.41, 5.74) is 5.97. The molecular weight excluding hydrogens is 417 g/mol. The van der Waals surface area contributed by atoms with E-state index in [4.69, 9.17) is 4.74 Å². The highest BCUT2D eigenvalue weighted by Crippen LogP contribution is 2.44. The minimum absolute atomic E-state index is 0.132. The molecule has 6 heteroatoms. The molecule has 1 aliphatic heterocycles. The van der Waals surface area contributed by atoms with Crippen LogP contribution in [0.25, 0.3) is 11.3 Å². The van der Waals surface area contributed by atoms with E-state index < -0.39 is 0 Å². The van der Waals surface area contributed by atoms with E-state index in [-0.39, 0.29) is 17.8 Å². The van der Waals surface area contributed by atoms with Gasteiger partial charge in [-0.2, -0.15) is 5.10 Å². The van der Waals surface area contributed by atoms with Crippen LogP contribution >= 0.6 is 0 Å². The van der Waals surface area contributed by atoms with Gasteiger partial charge in [-0.05, 0) is 49.2 Å². The lowest BCUT2D eigenvalue weighted by atomic mass is 9.95. The fourth-order valence-corrected chi connectivity index (χ4v) is 4.37. The summed E-state index contributed by atoms with van der Waals surface area (Å²) in [5.74, 6) is 0.313. The zero-order chi connectivity index (χ0) is 22.9. The number of aromatic nitrogens is 2. The molecule has 0 spiro atoms. The Morgan fingerprint density at radius 1 is 1.06 bits per heavy atom. The molecule has 1 unspecified atom stereocenters. The average Bonchev–Trinajstić information content (AvgIpc) is 3.36. The van der Waals surface area contributed by atoms with Crippen molar-refractivity contribution in [3.8, 4) is 17.0 Å². The molecule has 166 valence electrons. The summed E-state index contributed by atoms with van der Waals surface area (Å²) in [6.07, 6.45) is 0. The Kier molecular flexibility index (Phi) is 5.42. The van der Waals surface area contributed by atoms with Gasteiger partial charge in [-0.3, -0.25) is 9.89 Å². The Hall–Kier alpha value is -3.93. The largest absolute Gasteiger partial charge is 0.494 e. The summed E-state index contributed by atoms with van der Waals surface area (Å²) < 4.78 is 19.2. The van der Waals surface area contributed by atoms with Gasteiger partial charge in [0, 0.05) is 17.7 Å². The van der Waals surface area contributed by atoms with Gasteiger partial charge in [0.25, 0.3) is 5.91 Å². The van der Waals surface area contributed by atoms with Gasteiger partial charge in [-0.15, -0.1) is 0 Å². The molecular formula is C27H24FN3O2. The normalized spacial score (nSPS) is 15.1. The number of halogens is 1. The number of ether oxygens (including phenoxy) is 1. The maximum Gasteiger partial charge on any atom is 0.273 e. The zero-order valence-electron chi connectivity index (χ0n) is 18.5. The van der Waals surface area contributed by atoms with Crippen molar-refractivity contribution in [3.05, 3.63) is 107 Å². The molecule has 5 rings (SSSR count). The molecule has 0 saturated heterocycles. The van der Waals surface area contributed by atoms with Crippen molar-refractivity contribution in [1.82, 2.24) is 15.1 Å². The molecule has 1 amide bonds. The first-order valence-corrected chi connectivity index (χ1v) is 11.0. The van der Waals surface area contributed by atoms with Gasteiger partial charge in [-0.25, -0.2) is 4.39 Å². The van der Waals surface area contributed by atoms with E-state index in [0.717, 1.165) is 39.3 Å². The number of carbonyl (C=O) groups is 1. The average molecular weight is 442 g/mol. The first-order valence-electron chi connectivity index (χ1n) is 11.0. The Bertz CT molecular complexity index is 1300. The number of nitrogens with zero attached hydrogens (tertiary/aromatic N) is 2. The molecule has 1 atom stereocenters. The third-order valence-corrected chi connectivity index (χ3v) is 5.94. The minimum Gasteiger partial charge on any atom is -0.494 e. The monoisotopic (exact) mass is 441 g/mol. The van der Waals surface area contributed by atoms with Crippen LogP contribution in [-0.4, -0.2) is 27.6 Å². The van der Waals surface area contributed by atoms with E-state index in [0.29, 0.717) is 18.8 Å². The number of hydrogen-bond donors (Lipinski definition) is 1. The highest BCUT2D eigenvalue weighted by Gasteiger charge is 2.42. The molecule has 1 N–H and O–H groups in total. The van der Waals surface area contributed by atoms with Crippen LogP contribution in [0.15, 0.2) is 72.8 Å². The molecule has 4 aromatic rings. The first kappa shape index (κ1) is 20.9. The van der Waals surface area contributed by atoms with Crippen LogP contribution in [-0.2, 0) is 6.54 Å². The summed E-state index contributed by atoms with van der Waals surface area (Å²) in [4.78, 5) is 15.3. The maximum absolute atomic E-state index is 13.5. The SMILES string of the molecule is CCOc1cccc(C2c3c(-c4ccc(C)cc4)n[nH]c3C(=O)N2Cc2ccc(F)cc2)c1. The first-order chi connectivity index (χ1) is 16.0. The summed E-state index contributed by atoms with van der Waals surface area (Å²) in [5, 5.41) is 7.50. The highest BCUT2D eigenvalue weighted by molar-refractivity contribution is 6.00. The van der Waals surface area contributed by atoms with Crippen LogP contribution < -0.4 is 4.74 Å². The number of benzene rings is 3. The Morgan fingerprint density at radius 3 is 2.55 bits per heavy atom. The molecule has 0 bridgehead atoms. The second-order valence-electron chi connectivity index (χ2n) is 8.19. The number of hydrogen-bond acceptors (Lipinski definition) is 3. The van der Waals surface area contributed by atoms with Crippen LogP contribution in [0.1, 0.15) is 45.7 Å². The molecule has 0 aliphatic carbocycles. The van der Waals surface area contributed by atoms with Gasteiger partial charge in [0.05, 0.1) is 18.3 Å². The van der Waals surface area contributed by atoms with Crippen molar-refractivity contribution < 1.29 is 13.9 Å². The number of aryl methyl sites for hydroxylation is 1. The van der Waals surface area contributed by atoms with Crippen LogP contribution in [0.3, 0.4) is 0 Å². The molecule has 0 radical (unpaired) electrons. The molecule has 33 heavy (non-hydrogen) atoms. The number of amides is 1. The maximum atomic E-state index is 13.5. The standard InChI is InChI=1S/C27H24FN3O2/c1-3-33-22-6-4-5-20(15-22)26-23-24(19-11-7-17(2)8-12-19)29-30-25(23)27(32)31(26)16-18-9-13-21(28)14-10-18/h4-15,26H,3,16H2,1-2H3,(H,29,30). The fraction of sp³-hybridized carbons (Fsp3) is 0.185. The van der Waals surface area contributed by atoms with Gasteiger partial charge < -0.3 is 9.64 Å². The number of H-pyrrole nitrogens is 1. The third kappa shape index (κ3) is 3.89. The summed E-state index contributed by atoms with van der Waals surface area (Å²) in [7, 11) is 0.